The molecular formula is C20H24N4. The Morgan fingerprint density at radius 2 is 1.96 bits per heavy atom. The van der Waals surface area contributed by atoms with Crippen LogP contribution >= 0.6 is 0 Å². The Kier molecular flexibility index (Phi) is 4.22. The molecule has 3 rings (SSSR count). The highest BCUT2D eigenvalue weighted by Gasteiger charge is 2.14. The summed E-state index contributed by atoms with van der Waals surface area (Å²) in [7, 11) is 0. The number of rotatable bonds is 4. The Hall–Kier alpha value is -2.49. The van der Waals surface area contributed by atoms with Gasteiger partial charge in [0.25, 0.3) is 0 Å². The molecule has 0 aliphatic heterocycles. The standard InChI is InChI=1S/C20H24N4/c1-7-16-8-9-17(14(5)22-16)13(4)18-10-20-19(11-21-18)23-15(6)24(20)12(2)3/h8-12H,4,7H2,1-3,5-6H3. The van der Waals surface area contributed by atoms with E-state index in [1.807, 2.05) is 20.0 Å². The summed E-state index contributed by atoms with van der Waals surface area (Å²) in [5.41, 5.74) is 6.94. The van der Waals surface area contributed by atoms with Crippen LogP contribution in [0.15, 0.2) is 31.0 Å². The zero-order valence-corrected chi connectivity index (χ0v) is 15.1. The van der Waals surface area contributed by atoms with Crippen LogP contribution in [-0.2, 0) is 6.42 Å². The summed E-state index contributed by atoms with van der Waals surface area (Å²) in [6, 6.07) is 6.60. The van der Waals surface area contributed by atoms with Crippen LogP contribution in [0.25, 0.3) is 16.6 Å². The molecule has 0 N–H and O–H groups in total. The van der Waals surface area contributed by atoms with Gasteiger partial charge in [-0.15, -0.1) is 0 Å². The van der Waals surface area contributed by atoms with Gasteiger partial charge < -0.3 is 4.57 Å². The van der Waals surface area contributed by atoms with Crippen LogP contribution in [0.1, 0.15) is 55.3 Å². The lowest BCUT2D eigenvalue weighted by Gasteiger charge is -2.13. The van der Waals surface area contributed by atoms with Crippen molar-refractivity contribution >= 4 is 16.6 Å². The Morgan fingerprint density at radius 1 is 1.21 bits per heavy atom. The summed E-state index contributed by atoms with van der Waals surface area (Å²) in [4.78, 5) is 13.8. The summed E-state index contributed by atoms with van der Waals surface area (Å²) in [5, 5.41) is 0. The van der Waals surface area contributed by atoms with Crippen molar-refractivity contribution in [1.82, 2.24) is 19.5 Å². The molecule has 0 radical (unpaired) electrons. The number of nitrogens with zero attached hydrogens (tertiary/aromatic N) is 4. The monoisotopic (exact) mass is 320 g/mol. The first-order valence-electron chi connectivity index (χ1n) is 8.43. The van der Waals surface area contributed by atoms with Gasteiger partial charge in [-0.25, -0.2) is 4.98 Å². The highest BCUT2D eigenvalue weighted by molar-refractivity contribution is 5.84. The molecule has 0 aromatic carbocycles. The third-order valence-corrected chi connectivity index (χ3v) is 4.41. The lowest BCUT2D eigenvalue weighted by atomic mass is 10.0. The summed E-state index contributed by atoms with van der Waals surface area (Å²) in [6.45, 7) is 14.8. The van der Waals surface area contributed by atoms with Crippen molar-refractivity contribution in [2.75, 3.05) is 0 Å². The molecule has 0 aliphatic rings. The molecule has 0 saturated carbocycles. The molecule has 4 nitrogen and oxygen atoms in total. The highest BCUT2D eigenvalue weighted by Crippen LogP contribution is 2.27. The molecule has 0 bridgehead atoms. The van der Waals surface area contributed by atoms with Gasteiger partial charge in [0.05, 0.1) is 17.4 Å². The largest absolute Gasteiger partial charge is 0.326 e. The molecule has 0 fully saturated rings. The van der Waals surface area contributed by atoms with E-state index in [1.165, 1.54) is 0 Å². The first-order chi connectivity index (χ1) is 11.4. The zero-order valence-electron chi connectivity index (χ0n) is 15.1. The number of aryl methyl sites for hydroxylation is 3. The van der Waals surface area contributed by atoms with Gasteiger partial charge in [-0.05, 0) is 46.2 Å². The van der Waals surface area contributed by atoms with Gasteiger partial charge in [0.15, 0.2) is 0 Å². The summed E-state index contributed by atoms with van der Waals surface area (Å²) in [5.74, 6) is 1.01. The summed E-state index contributed by atoms with van der Waals surface area (Å²) >= 11 is 0. The van der Waals surface area contributed by atoms with Crippen LogP contribution in [0.3, 0.4) is 0 Å². The smallest absolute Gasteiger partial charge is 0.107 e. The number of imidazole rings is 1. The van der Waals surface area contributed by atoms with Gasteiger partial charge in [-0.1, -0.05) is 19.6 Å². The van der Waals surface area contributed by atoms with Crippen molar-refractivity contribution < 1.29 is 0 Å². The second-order valence-electron chi connectivity index (χ2n) is 6.45. The Bertz CT molecular complexity index is 919. The lowest BCUT2D eigenvalue weighted by molar-refractivity contribution is 0.600. The maximum atomic E-state index is 4.64. The first-order valence-corrected chi connectivity index (χ1v) is 8.43. The Morgan fingerprint density at radius 3 is 2.58 bits per heavy atom. The third-order valence-electron chi connectivity index (χ3n) is 4.41. The van der Waals surface area contributed by atoms with E-state index < -0.39 is 0 Å². The first kappa shape index (κ1) is 16.4. The molecule has 0 unspecified atom stereocenters. The van der Waals surface area contributed by atoms with Crippen molar-refractivity contribution in [1.29, 1.82) is 0 Å². The van der Waals surface area contributed by atoms with Gasteiger partial charge in [-0.2, -0.15) is 0 Å². The van der Waals surface area contributed by atoms with E-state index in [1.54, 1.807) is 0 Å². The molecule has 0 saturated heterocycles. The molecule has 0 amide bonds. The minimum atomic E-state index is 0.353. The maximum Gasteiger partial charge on any atom is 0.107 e. The number of hydrogen-bond donors (Lipinski definition) is 0. The minimum absolute atomic E-state index is 0.353. The third kappa shape index (κ3) is 2.73. The molecule has 3 heterocycles. The minimum Gasteiger partial charge on any atom is -0.326 e. The van der Waals surface area contributed by atoms with Gasteiger partial charge >= 0.3 is 0 Å². The number of fused-ring (bicyclic) bond motifs is 1. The average Bonchev–Trinajstić information content (AvgIpc) is 2.88. The van der Waals surface area contributed by atoms with Crippen LogP contribution in [-0.4, -0.2) is 19.5 Å². The van der Waals surface area contributed by atoms with E-state index in [2.05, 4.69) is 65.1 Å². The van der Waals surface area contributed by atoms with Crippen molar-refractivity contribution in [2.45, 2.75) is 47.1 Å². The van der Waals surface area contributed by atoms with Crippen LogP contribution in [0.2, 0.25) is 0 Å². The Balaban J connectivity index is 2.09. The lowest BCUT2D eigenvalue weighted by Crippen LogP contribution is -2.03. The highest BCUT2D eigenvalue weighted by atomic mass is 15.1. The molecule has 3 aromatic rings. The Labute approximate surface area is 143 Å². The SMILES string of the molecule is C=C(c1cc2c(cn1)nc(C)n2C(C)C)c1ccc(CC)nc1C. The van der Waals surface area contributed by atoms with Gasteiger partial charge in [0.2, 0.25) is 0 Å². The topological polar surface area (TPSA) is 43.6 Å². The van der Waals surface area contributed by atoms with E-state index in [-0.39, 0.29) is 0 Å². The van der Waals surface area contributed by atoms with E-state index in [0.717, 1.165) is 51.5 Å². The number of aromatic nitrogens is 4. The van der Waals surface area contributed by atoms with Gasteiger partial charge in [0.1, 0.15) is 11.3 Å². The van der Waals surface area contributed by atoms with E-state index in [0.29, 0.717) is 6.04 Å². The predicted molar refractivity (Wildman–Crippen MR) is 99.1 cm³/mol. The van der Waals surface area contributed by atoms with Gasteiger partial charge in [-0.3, -0.25) is 9.97 Å². The fourth-order valence-corrected chi connectivity index (χ4v) is 3.20. The van der Waals surface area contributed by atoms with Crippen molar-refractivity contribution in [2.24, 2.45) is 0 Å². The molecule has 3 aromatic heterocycles. The fourth-order valence-electron chi connectivity index (χ4n) is 3.20. The summed E-state index contributed by atoms with van der Waals surface area (Å²) in [6.07, 6.45) is 2.77. The van der Waals surface area contributed by atoms with Crippen molar-refractivity contribution in [3.05, 3.63) is 59.4 Å². The quantitative estimate of drug-likeness (QED) is 0.703. The van der Waals surface area contributed by atoms with Crippen LogP contribution < -0.4 is 0 Å². The van der Waals surface area contributed by atoms with Crippen LogP contribution in [0.4, 0.5) is 0 Å². The van der Waals surface area contributed by atoms with E-state index >= 15 is 0 Å². The molecule has 124 valence electrons. The second kappa shape index (κ2) is 6.19. The summed E-state index contributed by atoms with van der Waals surface area (Å²) < 4.78 is 2.24. The maximum absolute atomic E-state index is 4.64. The van der Waals surface area contributed by atoms with Crippen molar-refractivity contribution in [3.63, 3.8) is 0 Å². The molecule has 4 heteroatoms. The second-order valence-corrected chi connectivity index (χ2v) is 6.45. The molecule has 24 heavy (non-hydrogen) atoms. The molecule has 0 aliphatic carbocycles. The number of hydrogen-bond acceptors (Lipinski definition) is 3. The van der Waals surface area contributed by atoms with Crippen molar-refractivity contribution in [3.8, 4) is 0 Å². The van der Waals surface area contributed by atoms with E-state index in [4.69, 9.17) is 0 Å². The van der Waals surface area contributed by atoms with E-state index in [9.17, 15) is 0 Å². The molecular weight excluding hydrogens is 296 g/mol. The number of pyridine rings is 2. The van der Waals surface area contributed by atoms with Gasteiger partial charge in [0, 0.05) is 28.6 Å². The van der Waals surface area contributed by atoms with Crippen LogP contribution in [0, 0.1) is 13.8 Å². The van der Waals surface area contributed by atoms with Crippen LogP contribution in [0.5, 0.6) is 0 Å². The fraction of sp³-hybridized carbons (Fsp3) is 0.350. The predicted octanol–water partition coefficient (Wildman–Crippen LogP) is 4.65. The average molecular weight is 320 g/mol. The molecule has 0 spiro atoms. The molecule has 0 atom stereocenters. The normalized spacial score (nSPS) is 11.4. The zero-order chi connectivity index (χ0) is 17.4.